The lowest BCUT2D eigenvalue weighted by Gasteiger charge is -2.05. The molecule has 0 aliphatic rings. The number of hydrogen-bond donors (Lipinski definition) is 0. The normalized spacial score (nSPS) is 11.3. The third-order valence-electron chi connectivity index (χ3n) is 5.61. The minimum Gasteiger partial charge on any atom is -0.469 e. The summed E-state index contributed by atoms with van der Waals surface area (Å²) in [5.74, 6) is -0.0809. The van der Waals surface area contributed by atoms with E-state index >= 15 is 0 Å². The van der Waals surface area contributed by atoms with Crippen molar-refractivity contribution in [3.63, 3.8) is 0 Å². The Morgan fingerprint density at radius 2 is 1.40 bits per heavy atom. The van der Waals surface area contributed by atoms with Gasteiger partial charge in [-0.05, 0) is 24.4 Å². The van der Waals surface area contributed by atoms with E-state index in [2.05, 4.69) is 24.3 Å². The second-order valence-electron chi connectivity index (χ2n) is 8.06. The number of carbonyl (C=O) groups is 1. The van der Waals surface area contributed by atoms with Crippen molar-refractivity contribution in [2.24, 2.45) is 0 Å². The SMILES string of the molecule is COC(=O)CCCCCCCCCCCCCCCCn1cnc2nc(Cl)ncc21. The highest BCUT2D eigenvalue weighted by molar-refractivity contribution is 6.28. The van der Waals surface area contributed by atoms with Crippen LogP contribution in [0, 0.1) is 0 Å². The van der Waals surface area contributed by atoms with Gasteiger partial charge in [0.15, 0.2) is 5.65 Å². The van der Waals surface area contributed by atoms with Gasteiger partial charge in [0, 0.05) is 13.0 Å². The highest BCUT2D eigenvalue weighted by Crippen LogP contribution is 2.15. The molecule has 0 bridgehead atoms. The van der Waals surface area contributed by atoms with Gasteiger partial charge in [0.25, 0.3) is 0 Å². The van der Waals surface area contributed by atoms with Crippen LogP contribution in [0.4, 0.5) is 0 Å². The topological polar surface area (TPSA) is 69.9 Å². The number of unbranched alkanes of at least 4 members (excludes halogenated alkanes) is 13. The van der Waals surface area contributed by atoms with Gasteiger partial charge in [-0.15, -0.1) is 0 Å². The summed E-state index contributed by atoms with van der Waals surface area (Å²) in [5.41, 5.74) is 1.63. The summed E-state index contributed by atoms with van der Waals surface area (Å²) < 4.78 is 6.77. The van der Waals surface area contributed by atoms with Crippen molar-refractivity contribution in [1.82, 2.24) is 19.5 Å². The summed E-state index contributed by atoms with van der Waals surface area (Å²) in [4.78, 5) is 23.5. The predicted octanol–water partition coefficient (Wildman–Crippen LogP) is 6.50. The van der Waals surface area contributed by atoms with Crippen molar-refractivity contribution in [2.45, 2.75) is 103 Å². The van der Waals surface area contributed by atoms with E-state index in [9.17, 15) is 4.79 Å². The zero-order chi connectivity index (χ0) is 21.4. The molecule has 0 amide bonds. The fourth-order valence-electron chi connectivity index (χ4n) is 3.78. The number of fused-ring (bicyclic) bond motifs is 1. The third kappa shape index (κ3) is 9.88. The molecule has 0 saturated carbocycles. The number of ether oxygens (including phenoxy) is 1. The van der Waals surface area contributed by atoms with Crippen LogP contribution in [0.25, 0.3) is 11.2 Å². The first-order valence-corrected chi connectivity index (χ1v) is 12.0. The lowest BCUT2D eigenvalue weighted by atomic mass is 10.0. The fourth-order valence-corrected chi connectivity index (χ4v) is 3.91. The Morgan fingerprint density at radius 1 is 0.867 bits per heavy atom. The van der Waals surface area contributed by atoms with Gasteiger partial charge in [0.05, 0.1) is 19.6 Å². The largest absolute Gasteiger partial charge is 0.469 e. The predicted molar refractivity (Wildman–Crippen MR) is 122 cm³/mol. The molecule has 2 heterocycles. The molecule has 168 valence electrons. The number of aryl methyl sites for hydroxylation is 1. The van der Waals surface area contributed by atoms with E-state index in [1.165, 1.54) is 77.7 Å². The molecule has 7 heteroatoms. The summed E-state index contributed by atoms with van der Waals surface area (Å²) >= 11 is 5.80. The minimum atomic E-state index is -0.0809. The van der Waals surface area contributed by atoms with E-state index in [1.54, 1.807) is 6.20 Å². The first kappa shape index (κ1) is 24.6. The number of aromatic nitrogens is 4. The summed E-state index contributed by atoms with van der Waals surface area (Å²) in [6.45, 7) is 0.962. The number of hydrogen-bond acceptors (Lipinski definition) is 5. The molecule has 0 N–H and O–H groups in total. The van der Waals surface area contributed by atoms with Gasteiger partial charge < -0.3 is 9.30 Å². The van der Waals surface area contributed by atoms with Crippen LogP contribution >= 0.6 is 11.6 Å². The molecule has 0 radical (unpaired) electrons. The zero-order valence-corrected chi connectivity index (χ0v) is 19.2. The Bertz CT molecular complexity index is 735. The van der Waals surface area contributed by atoms with Crippen LogP contribution in [0.5, 0.6) is 0 Å². The van der Waals surface area contributed by atoms with Crippen LogP contribution in [-0.2, 0) is 16.1 Å². The molecule has 2 aromatic rings. The van der Waals surface area contributed by atoms with E-state index in [1.807, 2.05) is 6.33 Å². The maximum Gasteiger partial charge on any atom is 0.305 e. The lowest BCUT2D eigenvalue weighted by Crippen LogP contribution is -1.99. The number of imidazole rings is 1. The molecule has 0 saturated heterocycles. The van der Waals surface area contributed by atoms with Gasteiger partial charge >= 0.3 is 5.97 Å². The molecule has 0 aromatic carbocycles. The van der Waals surface area contributed by atoms with Crippen molar-refractivity contribution in [3.05, 3.63) is 17.8 Å². The Labute approximate surface area is 185 Å². The fraction of sp³-hybridized carbons (Fsp3) is 0.739. The molecular formula is C23H37ClN4O2. The molecule has 0 atom stereocenters. The van der Waals surface area contributed by atoms with Crippen LogP contribution in [0.15, 0.2) is 12.5 Å². The van der Waals surface area contributed by atoms with E-state index in [0.29, 0.717) is 12.1 Å². The summed E-state index contributed by atoms with van der Waals surface area (Å²) in [6, 6.07) is 0. The number of methoxy groups -OCH3 is 1. The average Bonchev–Trinajstić information content (AvgIpc) is 3.15. The third-order valence-corrected chi connectivity index (χ3v) is 5.79. The van der Waals surface area contributed by atoms with Crippen molar-refractivity contribution < 1.29 is 9.53 Å². The molecule has 6 nitrogen and oxygen atoms in total. The summed E-state index contributed by atoms with van der Waals surface area (Å²) in [7, 11) is 1.46. The number of esters is 1. The molecule has 0 aliphatic heterocycles. The van der Waals surface area contributed by atoms with Gasteiger partial charge in [0.1, 0.15) is 5.52 Å². The Morgan fingerprint density at radius 3 is 1.97 bits per heavy atom. The molecule has 0 aliphatic carbocycles. The minimum absolute atomic E-state index is 0.0809. The maximum atomic E-state index is 11.0. The molecule has 0 spiro atoms. The van der Waals surface area contributed by atoms with Gasteiger partial charge in [-0.25, -0.2) is 9.97 Å². The number of carbonyl (C=O) groups excluding carboxylic acids is 1. The first-order chi connectivity index (χ1) is 14.7. The van der Waals surface area contributed by atoms with Crippen molar-refractivity contribution in [1.29, 1.82) is 0 Å². The Hall–Kier alpha value is -1.69. The Balaban J connectivity index is 1.34. The smallest absolute Gasteiger partial charge is 0.305 e. The quantitative estimate of drug-likeness (QED) is 0.161. The second kappa shape index (κ2) is 15.2. The van der Waals surface area contributed by atoms with Gasteiger partial charge in [-0.3, -0.25) is 4.79 Å². The maximum absolute atomic E-state index is 11.0. The molecule has 2 aromatic heterocycles. The van der Waals surface area contributed by atoms with Crippen LogP contribution in [-0.4, -0.2) is 32.6 Å². The van der Waals surface area contributed by atoms with Crippen molar-refractivity contribution in [3.8, 4) is 0 Å². The molecular weight excluding hydrogens is 400 g/mol. The van der Waals surface area contributed by atoms with Gasteiger partial charge in [-0.1, -0.05) is 77.0 Å². The molecule has 0 unspecified atom stereocenters. The average molecular weight is 437 g/mol. The monoisotopic (exact) mass is 436 g/mol. The van der Waals surface area contributed by atoms with E-state index < -0.39 is 0 Å². The summed E-state index contributed by atoms with van der Waals surface area (Å²) in [6.07, 6.45) is 22.0. The van der Waals surface area contributed by atoms with Crippen LogP contribution in [0.2, 0.25) is 5.28 Å². The van der Waals surface area contributed by atoms with Crippen molar-refractivity contribution in [2.75, 3.05) is 7.11 Å². The first-order valence-electron chi connectivity index (χ1n) is 11.6. The van der Waals surface area contributed by atoms with E-state index in [4.69, 9.17) is 11.6 Å². The van der Waals surface area contributed by atoms with E-state index in [-0.39, 0.29) is 11.3 Å². The number of nitrogens with zero attached hydrogens (tertiary/aromatic N) is 4. The molecule has 30 heavy (non-hydrogen) atoms. The summed E-state index contributed by atoms with van der Waals surface area (Å²) in [5, 5.41) is 0.250. The lowest BCUT2D eigenvalue weighted by molar-refractivity contribution is -0.140. The molecule has 2 rings (SSSR count). The van der Waals surface area contributed by atoms with Crippen LogP contribution in [0.1, 0.15) is 96.3 Å². The van der Waals surface area contributed by atoms with Gasteiger partial charge in [-0.2, -0.15) is 4.98 Å². The zero-order valence-electron chi connectivity index (χ0n) is 18.5. The van der Waals surface area contributed by atoms with Crippen molar-refractivity contribution >= 4 is 28.7 Å². The Kier molecular flexibility index (Phi) is 12.4. The highest BCUT2D eigenvalue weighted by Gasteiger charge is 2.05. The number of halogens is 1. The number of rotatable bonds is 17. The van der Waals surface area contributed by atoms with Gasteiger partial charge in [0.2, 0.25) is 5.28 Å². The van der Waals surface area contributed by atoms with Crippen LogP contribution < -0.4 is 0 Å². The standard InChI is InChI=1S/C23H37ClN4O2/c1-30-21(29)16-14-12-10-8-6-4-2-3-5-7-9-11-13-15-17-28-19-26-22-20(28)18-25-23(24)27-22/h18-19H,2-17H2,1H3. The van der Waals surface area contributed by atoms with E-state index in [0.717, 1.165) is 31.3 Å². The highest BCUT2D eigenvalue weighted by atomic mass is 35.5. The second-order valence-corrected chi connectivity index (χ2v) is 8.40. The molecule has 0 fully saturated rings. The van der Waals surface area contributed by atoms with Crippen LogP contribution in [0.3, 0.4) is 0 Å².